The number of fused-ring (bicyclic) bond motifs is 1. The third kappa shape index (κ3) is 3.36. The van der Waals surface area contributed by atoms with Crippen molar-refractivity contribution in [3.63, 3.8) is 0 Å². The zero-order valence-corrected chi connectivity index (χ0v) is 14.1. The second kappa shape index (κ2) is 7.59. The second-order valence-electron chi connectivity index (χ2n) is 6.58. The van der Waals surface area contributed by atoms with Gasteiger partial charge in [0.25, 0.3) is 0 Å². The maximum atomic E-state index is 12.2. The lowest BCUT2D eigenvalue weighted by Gasteiger charge is -2.43. The molecule has 2 saturated heterocycles. The van der Waals surface area contributed by atoms with Crippen LogP contribution in [0.4, 0.5) is 0 Å². The van der Waals surface area contributed by atoms with Crippen LogP contribution in [0.1, 0.15) is 13.3 Å². The number of cyclic esters (lactones) is 1. The first kappa shape index (κ1) is 19.2. The van der Waals surface area contributed by atoms with Gasteiger partial charge in [-0.15, -0.1) is 0 Å². The third-order valence-corrected chi connectivity index (χ3v) is 4.94. The zero-order chi connectivity index (χ0) is 19.0. The highest BCUT2D eigenvalue weighted by atomic mass is 16.8. The van der Waals surface area contributed by atoms with Gasteiger partial charge in [0.1, 0.15) is 30.2 Å². The van der Waals surface area contributed by atoms with Crippen LogP contribution in [-0.4, -0.2) is 82.4 Å². The average molecular weight is 374 g/mol. The summed E-state index contributed by atoms with van der Waals surface area (Å²) in [7, 11) is 0. The van der Waals surface area contributed by atoms with Gasteiger partial charge in [-0.2, -0.15) is 0 Å². The first-order valence-corrected chi connectivity index (χ1v) is 8.34. The number of ether oxygens (including phenoxy) is 4. The summed E-state index contributed by atoms with van der Waals surface area (Å²) in [5.41, 5.74) is 0.241. The van der Waals surface area contributed by atoms with Crippen LogP contribution in [0.25, 0.3) is 0 Å². The van der Waals surface area contributed by atoms with E-state index in [0.717, 1.165) is 0 Å². The number of carbonyl (C=O) groups excluding carboxylic acids is 2. The number of aliphatic hydroxyl groups is 4. The van der Waals surface area contributed by atoms with E-state index in [1.54, 1.807) is 0 Å². The highest BCUT2D eigenvalue weighted by Crippen LogP contribution is 2.38. The fraction of sp³-hybridized carbons (Fsp3) is 0.750. The number of rotatable bonds is 4. The molecular formula is C16H22O10. The lowest BCUT2D eigenvalue weighted by molar-refractivity contribution is -0.339. The standard InChI is InChI=1S/C16H22O10/c1-6(18)10-7-2-3-23-14(22)8(7)5-24-15(10)26-16-13(21)12(20)11(19)9(4-17)25-16/h5,7,9-13,15-17,19-21H,2-4H2,1H3. The van der Waals surface area contributed by atoms with Crippen molar-refractivity contribution in [3.05, 3.63) is 11.8 Å². The number of esters is 1. The number of hydrogen-bond acceptors (Lipinski definition) is 10. The van der Waals surface area contributed by atoms with E-state index < -0.39 is 61.4 Å². The summed E-state index contributed by atoms with van der Waals surface area (Å²) in [6, 6.07) is 0. The minimum absolute atomic E-state index is 0.164. The van der Waals surface area contributed by atoms with Crippen molar-refractivity contribution in [2.75, 3.05) is 13.2 Å². The van der Waals surface area contributed by atoms with E-state index in [1.165, 1.54) is 13.2 Å². The SMILES string of the molecule is CC(=O)C1C(OC2OC(CO)C(O)C(O)C2O)OC=C2C(=O)OCCC21. The van der Waals surface area contributed by atoms with Gasteiger partial charge in [-0.25, -0.2) is 4.79 Å². The molecule has 10 nitrogen and oxygen atoms in total. The predicted octanol–water partition coefficient (Wildman–Crippen LogP) is -2.19. The number of hydrogen-bond donors (Lipinski definition) is 4. The Morgan fingerprint density at radius 2 is 1.96 bits per heavy atom. The van der Waals surface area contributed by atoms with E-state index in [9.17, 15) is 30.0 Å². The molecule has 0 aliphatic carbocycles. The van der Waals surface area contributed by atoms with E-state index in [1.807, 2.05) is 0 Å². The van der Waals surface area contributed by atoms with Gasteiger partial charge in [0.05, 0.1) is 31.0 Å². The van der Waals surface area contributed by atoms with E-state index in [-0.39, 0.29) is 18.0 Å². The molecule has 10 heteroatoms. The molecule has 0 radical (unpaired) electrons. The summed E-state index contributed by atoms with van der Waals surface area (Å²) in [4.78, 5) is 24.0. The van der Waals surface area contributed by atoms with Gasteiger partial charge in [0, 0.05) is 5.92 Å². The highest BCUT2D eigenvalue weighted by Gasteiger charge is 2.49. The quantitative estimate of drug-likeness (QED) is 0.399. The average Bonchev–Trinajstić information content (AvgIpc) is 2.61. The molecule has 0 aromatic rings. The summed E-state index contributed by atoms with van der Waals surface area (Å²) >= 11 is 0. The van der Waals surface area contributed by atoms with Gasteiger partial charge < -0.3 is 39.4 Å². The Labute approximate surface area is 148 Å². The van der Waals surface area contributed by atoms with Crippen LogP contribution in [0.15, 0.2) is 11.8 Å². The predicted molar refractivity (Wildman–Crippen MR) is 81.0 cm³/mol. The van der Waals surface area contributed by atoms with Gasteiger partial charge in [0.15, 0.2) is 6.29 Å². The fourth-order valence-corrected chi connectivity index (χ4v) is 3.50. The van der Waals surface area contributed by atoms with Gasteiger partial charge in [-0.3, -0.25) is 4.79 Å². The molecular weight excluding hydrogens is 352 g/mol. The maximum absolute atomic E-state index is 12.2. The normalized spacial score (nSPS) is 43.0. The smallest absolute Gasteiger partial charge is 0.337 e. The van der Waals surface area contributed by atoms with E-state index in [2.05, 4.69) is 0 Å². The molecule has 3 aliphatic heterocycles. The topological polar surface area (TPSA) is 152 Å². The molecule has 3 heterocycles. The Morgan fingerprint density at radius 1 is 1.23 bits per heavy atom. The minimum Gasteiger partial charge on any atom is -0.471 e. The molecule has 0 aromatic carbocycles. The summed E-state index contributed by atoms with van der Waals surface area (Å²) in [5.74, 6) is -2.14. The molecule has 26 heavy (non-hydrogen) atoms. The molecule has 0 spiro atoms. The van der Waals surface area contributed by atoms with Crippen molar-refractivity contribution in [3.8, 4) is 0 Å². The number of Topliss-reactive ketones (excluding diaryl/α,β-unsaturated/α-hetero) is 1. The number of ketones is 1. The van der Waals surface area contributed by atoms with Crippen molar-refractivity contribution in [1.29, 1.82) is 0 Å². The lowest BCUT2D eigenvalue weighted by atomic mass is 9.78. The Morgan fingerprint density at radius 3 is 2.62 bits per heavy atom. The Hall–Kier alpha value is -1.56. The third-order valence-electron chi connectivity index (χ3n) is 4.94. The number of aliphatic hydroxyl groups excluding tert-OH is 4. The summed E-state index contributed by atoms with van der Waals surface area (Å²) < 4.78 is 21.2. The van der Waals surface area contributed by atoms with Crippen molar-refractivity contribution < 1.29 is 49.0 Å². The molecule has 3 rings (SSSR count). The summed E-state index contributed by atoms with van der Waals surface area (Å²) in [5, 5.41) is 39.0. The zero-order valence-electron chi connectivity index (χ0n) is 14.1. The fourth-order valence-electron chi connectivity index (χ4n) is 3.50. The van der Waals surface area contributed by atoms with Gasteiger partial charge >= 0.3 is 5.97 Å². The van der Waals surface area contributed by atoms with E-state index in [4.69, 9.17) is 18.9 Å². The Balaban J connectivity index is 1.79. The first-order chi connectivity index (χ1) is 12.3. The van der Waals surface area contributed by atoms with Crippen LogP contribution in [0.3, 0.4) is 0 Å². The van der Waals surface area contributed by atoms with Crippen LogP contribution < -0.4 is 0 Å². The lowest BCUT2D eigenvalue weighted by Crippen LogP contribution is -2.60. The van der Waals surface area contributed by atoms with Crippen molar-refractivity contribution in [2.24, 2.45) is 11.8 Å². The van der Waals surface area contributed by atoms with Gasteiger partial charge in [-0.1, -0.05) is 0 Å². The van der Waals surface area contributed by atoms with Crippen molar-refractivity contribution in [2.45, 2.75) is 50.3 Å². The first-order valence-electron chi connectivity index (χ1n) is 8.34. The van der Waals surface area contributed by atoms with Crippen LogP contribution in [0, 0.1) is 11.8 Å². The summed E-state index contributed by atoms with van der Waals surface area (Å²) in [6.45, 7) is 0.892. The molecule has 4 N–H and O–H groups in total. The van der Waals surface area contributed by atoms with Crippen LogP contribution in [0.5, 0.6) is 0 Å². The Kier molecular flexibility index (Phi) is 5.61. The largest absolute Gasteiger partial charge is 0.471 e. The maximum Gasteiger partial charge on any atom is 0.337 e. The molecule has 0 aromatic heterocycles. The monoisotopic (exact) mass is 374 g/mol. The van der Waals surface area contributed by atoms with E-state index >= 15 is 0 Å². The van der Waals surface area contributed by atoms with Gasteiger partial charge in [0.2, 0.25) is 6.29 Å². The summed E-state index contributed by atoms with van der Waals surface area (Å²) in [6.07, 6.45) is -6.93. The molecule has 3 aliphatic rings. The van der Waals surface area contributed by atoms with Crippen LogP contribution >= 0.6 is 0 Å². The van der Waals surface area contributed by atoms with Crippen LogP contribution in [0.2, 0.25) is 0 Å². The molecule has 146 valence electrons. The molecule has 0 amide bonds. The van der Waals surface area contributed by atoms with E-state index in [0.29, 0.717) is 6.42 Å². The van der Waals surface area contributed by atoms with Gasteiger partial charge in [-0.05, 0) is 13.3 Å². The molecule has 8 atom stereocenters. The molecule has 8 unspecified atom stereocenters. The molecule has 2 fully saturated rings. The number of carbonyl (C=O) groups is 2. The van der Waals surface area contributed by atoms with Crippen molar-refractivity contribution in [1.82, 2.24) is 0 Å². The van der Waals surface area contributed by atoms with Crippen LogP contribution in [-0.2, 0) is 28.5 Å². The minimum atomic E-state index is -1.62. The Bertz CT molecular complexity index is 588. The highest BCUT2D eigenvalue weighted by molar-refractivity contribution is 5.91. The molecule has 0 saturated carbocycles. The van der Waals surface area contributed by atoms with Crippen molar-refractivity contribution >= 4 is 11.8 Å². The second-order valence-corrected chi connectivity index (χ2v) is 6.58. The molecule has 0 bridgehead atoms.